The van der Waals surface area contributed by atoms with E-state index in [0.29, 0.717) is 38.8 Å². The van der Waals surface area contributed by atoms with Crippen molar-refractivity contribution in [2.75, 3.05) is 13.2 Å². The van der Waals surface area contributed by atoms with Crippen molar-refractivity contribution in [2.24, 2.45) is 28.1 Å². The summed E-state index contributed by atoms with van der Waals surface area (Å²) in [5.41, 5.74) is -0.438. The fourth-order valence-electron chi connectivity index (χ4n) is 5.86. The molecule has 0 fully saturated rings. The first-order valence-corrected chi connectivity index (χ1v) is 16.1. The molecule has 0 saturated carbocycles. The summed E-state index contributed by atoms with van der Waals surface area (Å²) < 4.78 is 6.23. The Morgan fingerprint density at radius 3 is 1.82 bits per heavy atom. The zero-order valence-corrected chi connectivity index (χ0v) is 27.4. The van der Waals surface area contributed by atoms with Crippen LogP contribution in [0.25, 0.3) is 0 Å². The van der Waals surface area contributed by atoms with Gasteiger partial charge in [-0.3, -0.25) is 14.4 Å². The molecule has 236 valence electrons. The third kappa shape index (κ3) is 12.1. The minimum atomic E-state index is -0.784. The number of aliphatic carboxylic acids is 2. The largest absolute Gasteiger partial charge is 0.481 e. The van der Waals surface area contributed by atoms with Crippen LogP contribution in [0.2, 0.25) is 0 Å². The van der Waals surface area contributed by atoms with Crippen molar-refractivity contribution < 1.29 is 29.3 Å². The van der Waals surface area contributed by atoms with Crippen molar-refractivity contribution in [3.63, 3.8) is 0 Å². The third-order valence-corrected chi connectivity index (χ3v) is 10.5. The lowest BCUT2D eigenvalue weighted by molar-refractivity contribution is -0.150. The maximum atomic E-state index is 12.7. The van der Waals surface area contributed by atoms with Gasteiger partial charge in [-0.05, 0) is 80.5 Å². The van der Waals surface area contributed by atoms with Gasteiger partial charge in [0.15, 0.2) is 0 Å². The van der Waals surface area contributed by atoms with E-state index in [1.54, 1.807) is 6.92 Å². The Kier molecular flexibility index (Phi) is 18.0. The van der Waals surface area contributed by atoms with Crippen LogP contribution in [0.5, 0.6) is 0 Å². The van der Waals surface area contributed by atoms with E-state index >= 15 is 0 Å². The van der Waals surface area contributed by atoms with Crippen molar-refractivity contribution in [3.8, 4) is 0 Å². The van der Waals surface area contributed by atoms with Gasteiger partial charge in [-0.15, -0.1) is 0 Å². The molecule has 0 spiro atoms. The van der Waals surface area contributed by atoms with E-state index in [1.807, 2.05) is 0 Å². The summed E-state index contributed by atoms with van der Waals surface area (Å²) in [4.78, 5) is 36.5. The lowest BCUT2D eigenvalue weighted by Crippen LogP contribution is -2.40. The quantitative estimate of drug-likeness (QED) is 0.101. The summed E-state index contributed by atoms with van der Waals surface area (Å²) in [6.07, 6.45) is 9.89. The Morgan fingerprint density at radius 1 is 0.800 bits per heavy atom. The smallest absolute Gasteiger partial charge is 0.307 e. The van der Waals surface area contributed by atoms with Crippen molar-refractivity contribution in [3.05, 3.63) is 0 Å². The minimum absolute atomic E-state index is 0.00908. The summed E-state index contributed by atoms with van der Waals surface area (Å²) in [6.45, 7) is 19.9. The highest BCUT2D eigenvalue weighted by Gasteiger charge is 2.43. The summed E-state index contributed by atoms with van der Waals surface area (Å²) in [7, 11) is 0. The first-order valence-electron chi connectivity index (χ1n) is 16.1. The number of amides is 1. The van der Waals surface area contributed by atoms with Gasteiger partial charge in [0, 0.05) is 19.6 Å². The van der Waals surface area contributed by atoms with E-state index in [2.05, 4.69) is 60.7 Å². The average Bonchev–Trinajstić information content (AvgIpc) is 2.94. The number of carboxylic acid groups (broad SMARTS) is 2. The van der Waals surface area contributed by atoms with Gasteiger partial charge >= 0.3 is 11.9 Å². The molecule has 0 aromatic heterocycles. The minimum Gasteiger partial charge on any atom is -0.481 e. The van der Waals surface area contributed by atoms with Gasteiger partial charge in [-0.2, -0.15) is 0 Å². The van der Waals surface area contributed by atoms with Gasteiger partial charge in [0.2, 0.25) is 5.91 Å². The predicted octanol–water partition coefficient (Wildman–Crippen LogP) is 8.10. The lowest BCUT2D eigenvalue weighted by atomic mass is 9.62. The highest BCUT2D eigenvalue weighted by molar-refractivity contribution is 5.76. The second-order valence-electron chi connectivity index (χ2n) is 12.8. The molecule has 3 unspecified atom stereocenters. The van der Waals surface area contributed by atoms with Crippen molar-refractivity contribution in [1.29, 1.82) is 0 Å². The highest BCUT2D eigenvalue weighted by atomic mass is 16.5. The van der Waals surface area contributed by atoms with Gasteiger partial charge in [0.05, 0.1) is 17.9 Å². The summed E-state index contributed by atoms with van der Waals surface area (Å²) in [6, 6.07) is 0. The molecule has 0 aromatic rings. The molecular formula is C33H63NO6. The Morgan fingerprint density at radius 2 is 1.38 bits per heavy atom. The number of unbranched alkanes of at least 4 members (excludes halogenated alkanes) is 2. The van der Waals surface area contributed by atoms with Crippen molar-refractivity contribution in [1.82, 2.24) is 5.32 Å². The standard InChI is InChI=1S/C33H63NO6/c1-10-31(8,11-2)24-26(30(38)39)33(14-5,15-6)20-19-28(35)34-21-17-16-18-22-40-27(23-25(7)29(36)37)32(9,12-3)13-4/h25-27H,10-24H2,1-9H3,(H,34,35)(H,36,37)(H,38,39). The molecule has 3 atom stereocenters. The van der Waals surface area contributed by atoms with Gasteiger partial charge in [-0.25, -0.2) is 0 Å². The second-order valence-corrected chi connectivity index (χ2v) is 12.8. The Labute approximate surface area is 245 Å². The normalized spacial score (nSPS) is 14.9. The number of ether oxygens (including phenoxy) is 1. The predicted molar refractivity (Wildman–Crippen MR) is 163 cm³/mol. The van der Waals surface area contributed by atoms with E-state index in [4.69, 9.17) is 4.74 Å². The number of carboxylic acids is 2. The fourth-order valence-corrected chi connectivity index (χ4v) is 5.86. The first kappa shape index (κ1) is 38.4. The van der Waals surface area contributed by atoms with Crippen LogP contribution in [0.1, 0.15) is 146 Å². The topological polar surface area (TPSA) is 113 Å². The SMILES string of the molecule is CCC(C)(CC)CC(C(=O)O)C(CC)(CC)CCC(=O)NCCCCCOC(CC(C)C(=O)O)C(C)(CC)CC. The monoisotopic (exact) mass is 569 g/mol. The third-order valence-electron chi connectivity index (χ3n) is 10.5. The highest BCUT2D eigenvalue weighted by Crippen LogP contribution is 2.47. The van der Waals surface area contributed by atoms with Crippen LogP contribution in [0.15, 0.2) is 0 Å². The van der Waals surface area contributed by atoms with Crippen LogP contribution in [-0.4, -0.2) is 47.3 Å². The maximum absolute atomic E-state index is 12.7. The number of carbonyl (C=O) groups excluding carboxylic acids is 1. The molecular weight excluding hydrogens is 506 g/mol. The number of nitrogens with one attached hydrogen (secondary N) is 1. The second kappa shape index (κ2) is 18.7. The van der Waals surface area contributed by atoms with Gasteiger partial charge in [0.1, 0.15) is 0 Å². The van der Waals surface area contributed by atoms with Gasteiger partial charge in [-0.1, -0.05) is 75.2 Å². The van der Waals surface area contributed by atoms with Crippen LogP contribution in [0.4, 0.5) is 0 Å². The number of hydrogen-bond acceptors (Lipinski definition) is 4. The van der Waals surface area contributed by atoms with Gasteiger partial charge in [0.25, 0.3) is 0 Å². The van der Waals surface area contributed by atoms with E-state index in [0.717, 1.165) is 57.8 Å². The zero-order valence-electron chi connectivity index (χ0n) is 27.4. The molecule has 0 bridgehead atoms. The molecule has 40 heavy (non-hydrogen) atoms. The van der Waals surface area contributed by atoms with Gasteiger partial charge < -0.3 is 20.3 Å². The molecule has 0 rings (SSSR count). The summed E-state index contributed by atoms with van der Waals surface area (Å²) in [5.74, 6) is -2.43. The molecule has 0 aliphatic heterocycles. The molecule has 0 aromatic carbocycles. The van der Waals surface area contributed by atoms with Crippen LogP contribution < -0.4 is 5.32 Å². The Balaban J connectivity index is 4.78. The molecule has 0 saturated heterocycles. The van der Waals surface area contributed by atoms with E-state index in [9.17, 15) is 24.6 Å². The molecule has 7 nitrogen and oxygen atoms in total. The maximum Gasteiger partial charge on any atom is 0.307 e. The fraction of sp³-hybridized carbons (Fsp3) is 0.909. The van der Waals surface area contributed by atoms with E-state index < -0.39 is 23.8 Å². The van der Waals surface area contributed by atoms with Crippen LogP contribution in [-0.2, 0) is 19.1 Å². The lowest BCUT2D eigenvalue weighted by Gasteiger charge is -2.42. The van der Waals surface area contributed by atoms with E-state index in [1.165, 1.54) is 0 Å². The summed E-state index contributed by atoms with van der Waals surface area (Å²) in [5, 5.41) is 22.6. The average molecular weight is 570 g/mol. The molecule has 7 heteroatoms. The molecule has 0 radical (unpaired) electrons. The Bertz CT molecular complexity index is 739. The number of hydrogen-bond donors (Lipinski definition) is 3. The first-order chi connectivity index (χ1) is 18.7. The van der Waals surface area contributed by atoms with E-state index in [-0.39, 0.29) is 28.3 Å². The molecule has 1 amide bonds. The number of carbonyl (C=O) groups is 3. The number of rotatable bonds is 24. The van der Waals surface area contributed by atoms with Crippen LogP contribution in [0, 0.1) is 28.1 Å². The molecule has 0 aliphatic carbocycles. The Hall–Kier alpha value is -1.63. The van der Waals surface area contributed by atoms with Crippen LogP contribution in [0.3, 0.4) is 0 Å². The zero-order chi connectivity index (χ0) is 31.0. The molecule has 3 N–H and O–H groups in total. The van der Waals surface area contributed by atoms with Crippen molar-refractivity contribution in [2.45, 2.75) is 152 Å². The summed E-state index contributed by atoms with van der Waals surface area (Å²) >= 11 is 0. The molecule has 0 aliphatic rings. The van der Waals surface area contributed by atoms with Crippen molar-refractivity contribution >= 4 is 17.8 Å². The van der Waals surface area contributed by atoms with Crippen LogP contribution >= 0.6 is 0 Å². The molecule has 0 heterocycles.